The maximum atomic E-state index is 12.0. The molecule has 1 atom stereocenters. The number of rotatable bonds is 6. The Kier molecular flexibility index (Phi) is 5.42. The van der Waals surface area contributed by atoms with Crippen LogP contribution in [0.1, 0.15) is 29.4 Å². The van der Waals surface area contributed by atoms with Gasteiger partial charge in [-0.2, -0.15) is 5.10 Å². The Labute approximate surface area is 137 Å². The maximum absolute atomic E-state index is 12.0. The molecule has 0 unspecified atom stereocenters. The van der Waals surface area contributed by atoms with Gasteiger partial charge in [0.25, 0.3) is 5.91 Å². The Hall–Kier alpha value is -2.30. The quantitative estimate of drug-likeness (QED) is 0.891. The van der Waals surface area contributed by atoms with Gasteiger partial charge in [0.1, 0.15) is 5.75 Å². The molecule has 0 fully saturated rings. The van der Waals surface area contributed by atoms with Gasteiger partial charge >= 0.3 is 0 Å². The second-order valence-electron chi connectivity index (χ2n) is 6.05. The van der Waals surface area contributed by atoms with Gasteiger partial charge in [-0.1, -0.05) is 17.7 Å². The first kappa shape index (κ1) is 17.1. The maximum Gasteiger partial charge on any atom is 0.258 e. The second-order valence-corrected chi connectivity index (χ2v) is 6.05. The van der Waals surface area contributed by atoms with Crippen molar-refractivity contribution in [1.82, 2.24) is 15.1 Å². The number of nitrogens with one attached hydrogen (secondary N) is 1. The zero-order valence-corrected chi connectivity index (χ0v) is 14.5. The number of nitrogens with zero attached hydrogens (tertiary/aromatic N) is 2. The molecule has 1 heterocycles. The lowest BCUT2D eigenvalue weighted by Crippen LogP contribution is -2.37. The summed E-state index contributed by atoms with van der Waals surface area (Å²) in [5.41, 5.74) is 4.51. The number of amides is 1. The minimum absolute atomic E-state index is 0.0262. The molecule has 5 nitrogen and oxygen atoms in total. The predicted molar refractivity (Wildman–Crippen MR) is 90.7 cm³/mol. The molecule has 1 aromatic carbocycles. The van der Waals surface area contributed by atoms with Gasteiger partial charge in [-0.05, 0) is 51.8 Å². The summed E-state index contributed by atoms with van der Waals surface area (Å²) in [7, 11) is 1.94. The molecule has 1 aromatic heterocycles. The van der Waals surface area contributed by atoms with Gasteiger partial charge in [0.2, 0.25) is 0 Å². The van der Waals surface area contributed by atoms with Crippen LogP contribution in [0.3, 0.4) is 0 Å². The molecule has 0 aliphatic carbocycles. The normalized spacial score (nSPS) is 12.0. The summed E-state index contributed by atoms with van der Waals surface area (Å²) >= 11 is 0. The van der Waals surface area contributed by atoms with Crippen LogP contribution in [0.4, 0.5) is 0 Å². The second kappa shape index (κ2) is 7.31. The number of aromatic nitrogens is 2. The smallest absolute Gasteiger partial charge is 0.258 e. The molecule has 0 saturated carbocycles. The topological polar surface area (TPSA) is 56.1 Å². The van der Waals surface area contributed by atoms with Crippen LogP contribution in [0, 0.1) is 20.8 Å². The first-order valence-corrected chi connectivity index (χ1v) is 7.84. The minimum atomic E-state index is -0.114. The van der Waals surface area contributed by atoms with Crippen LogP contribution in [-0.4, -0.2) is 28.3 Å². The van der Waals surface area contributed by atoms with Crippen LogP contribution < -0.4 is 10.1 Å². The summed E-state index contributed by atoms with van der Waals surface area (Å²) in [6.45, 7) is 8.08. The Bertz CT molecular complexity index is 674. The van der Waals surface area contributed by atoms with Crippen molar-refractivity contribution in [1.29, 1.82) is 0 Å². The van der Waals surface area contributed by atoms with Crippen molar-refractivity contribution in [3.8, 4) is 5.75 Å². The van der Waals surface area contributed by atoms with Crippen molar-refractivity contribution in [2.45, 2.75) is 40.2 Å². The number of ether oxygens (including phenoxy) is 1. The molecule has 0 radical (unpaired) electrons. The molecule has 0 saturated heterocycles. The van der Waals surface area contributed by atoms with Crippen LogP contribution in [0.25, 0.3) is 0 Å². The van der Waals surface area contributed by atoms with E-state index in [1.807, 2.05) is 63.7 Å². The Morgan fingerprint density at radius 3 is 2.48 bits per heavy atom. The van der Waals surface area contributed by atoms with Crippen molar-refractivity contribution < 1.29 is 9.53 Å². The van der Waals surface area contributed by atoms with E-state index in [1.165, 1.54) is 5.56 Å². The Morgan fingerprint density at radius 1 is 1.26 bits per heavy atom. The third-order valence-electron chi connectivity index (χ3n) is 3.97. The van der Waals surface area contributed by atoms with Gasteiger partial charge in [-0.15, -0.1) is 0 Å². The number of aryl methyl sites for hydroxylation is 3. The fourth-order valence-electron chi connectivity index (χ4n) is 2.57. The summed E-state index contributed by atoms with van der Waals surface area (Å²) < 4.78 is 7.37. The molecule has 0 aliphatic rings. The van der Waals surface area contributed by atoms with Crippen LogP contribution in [0.2, 0.25) is 0 Å². The van der Waals surface area contributed by atoms with Gasteiger partial charge < -0.3 is 10.1 Å². The average molecular weight is 315 g/mol. The van der Waals surface area contributed by atoms with E-state index in [0.29, 0.717) is 5.75 Å². The van der Waals surface area contributed by atoms with Crippen LogP contribution >= 0.6 is 0 Å². The molecule has 0 bridgehead atoms. The zero-order valence-electron chi connectivity index (χ0n) is 14.5. The molecule has 0 spiro atoms. The van der Waals surface area contributed by atoms with Crippen molar-refractivity contribution in [3.63, 3.8) is 0 Å². The monoisotopic (exact) mass is 315 g/mol. The summed E-state index contributed by atoms with van der Waals surface area (Å²) in [5, 5.41) is 7.38. The first-order chi connectivity index (χ1) is 10.9. The molecule has 1 N–H and O–H groups in total. The molecule has 1 amide bonds. The van der Waals surface area contributed by atoms with E-state index in [9.17, 15) is 4.79 Å². The summed E-state index contributed by atoms with van der Waals surface area (Å²) in [5.74, 6) is 0.592. The SMILES string of the molecule is Cc1ccc(OCC(=O)N[C@@H](C)Cc2c(C)nn(C)c2C)cc1. The van der Waals surface area contributed by atoms with E-state index in [-0.39, 0.29) is 18.6 Å². The van der Waals surface area contributed by atoms with E-state index in [1.54, 1.807) is 0 Å². The highest BCUT2D eigenvalue weighted by Crippen LogP contribution is 2.14. The number of carbonyl (C=O) groups is 1. The predicted octanol–water partition coefficient (Wildman–Crippen LogP) is 2.47. The number of hydrogen-bond acceptors (Lipinski definition) is 3. The van der Waals surface area contributed by atoms with E-state index >= 15 is 0 Å². The van der Waals surface area contributed by atoms with Crippen LogP contribution in [-0.2, 0) is 18.3 Å². The molecular weight excluding hydrogens is 290 g/mol. The van der Waals surface area contributed by atoms with Gasteiger partial charge in [-0.25, -0.2) is 0 Å². The third-order valence-corrected chi connectivity index (χ3v) is 3.97. The molecule has 124 valence electrons. The summed E-state index contributed by atoms with van der Waals surface area (Å²) in [6, 6.07) is 7.70. The first-order valence-electron chi connectivity index (χ1n) is 7.84. The van der Waals surface area contributed by atoms with Crippen molar-refractivity contribution in [2.75, 3.05) is 6.61 Å². The summed E-state index contributed by atoms with van der Waals surface area (Å²) in [6.07, 6.45) is 0.766. The lowest BCUT2D eigenvalue weighted by atomic mass is 10.1. The fraction of sp³-hybridized carbons (Fsp3) is 0.444. The van der Waals surface area contributed by atoms with Crippen molar-refractivity contribution in [2.24, 2.45) is 7.05 Å². The van der Waals surface area contributed by atoms with E-state index < -0.39 is 0 Å². The van der Waals surface area contributed by atoms with Crippen LogP contribution in [0.5, 0.6) is 5.75 Å². The highest BCUT2D eigenvalue weighted by Gasteiger charge is 2.14. The fourth-order valence-corrected chi connectivity index (χ4v) is 2.57. The lowest BCUT2D eigenvalue weighted by Gasteiger charge is -2.15. The van der Waals surface area contributed by atoms with Gasteiger partial charge in [0.15, 0.2) is 6.61 Å². The van der Waals surface area contributed by atoms with Gasteiger partial charge in [-0.3, -0.25) is 9.48 Å². The lowest BCUT2D eigenvalue weighted by molar-refractivity contribution is -0.123. The molecule has 0 aliphatic heterocycles. The molecule has 23 heavy (non-hydrogen) atoms. The van der Waals surface area contributed by atoms with Crippen molar-refractivity contribution in [3.05, 3.63) is 46.8 Å². The Balaban J connectivity index is 1.83. The summed E-state index contributed by atoms with van der Waals surface area (Å²) in [4.78, 5) is 12.0. The third kappa shape index (κ3) is 4.58. The van der Waals surface area contributed by atoms with Gasteiger partial charge in [0.05, 0.1) is 5.69 Å². The van der Waals surface area contributed by atoms with Crippen molar-refractivity contribution >= 4 is 5.91 Å². The standard InChI is InChI=1S/C18H25N3O2/c1-12-6-8-16(9-7-12)23-11-18(22)19-13(2)10-17-14(3)20-21(5)15(17)4/h6-9,13H,10-11H2,1-5H3,(H,19,22)/t13-/m0/s1. The zero-order chi connectivity index (χ0) is 17.0. The minimum Gasteiger partial charge on any atom is -0.484 e. The van der Waals surface area contributed by atoms with E-state index in [0.717, 1.165) is 23.4 Å². The molecule has 2 aromatic rings. The largest absolute Gasteiger partial charge is 0.484 e. The molecule has 5 heteroatoms. The Morgan fingerprint density at radius 2 is 1.91 bits per heavy atom. The number of benzene rings is 1. The molecule has 2 rings (SSSR count). The highest BCUT2D eigenvalue weighted by molar-refractivity contribution is 5.77. The number of hydrogen-bond donors (Lipinski definition) is 1. The van der Waals surface area contributed by atoms with Gasteiger partial charge in [0, 0.05) is 18.8 Å². The van der Waals surface area contributed by atoms with E-state index in [2.05, 4.69) is 10.4 Å². The van der Waals surface area contributed by atoms with Crippen LogP contribution in [0.15, 0.2) is 24.3 Å². The highest BCUT2D eigenvalue weighted by atomic mass is 16.5. The number of carbonyl (C=O) groups excluding carboxylic acids is 1. The van der Waals surface area contributed by atoms with E-state index in [4.69, 9.17) is 4.74 Å². The average Bonchev–Trinajstić information content (AvgIpc) is 2.73. The molecular formula is C18H25N3O2.